The number of rotatable bonds is 3. The van der Waals surface area contributed by atoms with Gasteiger partial charge < -0.3 is 9.84 Å². The first kappa shape index (κ1) is 28.4. The molecule has 4 saturated carbocycles. The van der Waals surface area contributed by atoms with Crippen LogP contribution < -0.4 is 0 Å². The summed E-state index contributed by atoms with van der Waals surface area (Å²) in [7, 11) is 0. The fourth-order valence-corrected chi connectivity index (χ4v) is 11.3. The zero-order valence-electron chi connectivity index (χ0n) is 26.0. The van der Waals surface area contributed by atoms with E-state index in [1.54, 1.807) is 5.57 Å². The van der Waals surface area contributed by atoms with E-state index in [1.807, 2.05) is 6.08 Å². The summed E-state index contributed by atoms with van der Waals surface area (Å²) in [4.78, 5) is 14.0. The summed E-state index contributed by atoms with van der Waals surface area (Å²) in [6.45, 7) is 21.8. The van der Waals surface area contributed by atoms with Crippen molar-refractivity contribution in [3.63, 3.8) is 0 Å². The Morgan fingerprint density at radius 2 is 1.68 bits per heavy atom. The van der Waals surface area contributed by atoms with E-state index in [1.165, 1.54) is 18.4 Å². The third kappa shape index (κ3) is 3.72. The van der Waals surface area contributed by atoms with Crippen LogP contribution in [0.3, 0.4) is 0 Å². The van der Waals surface area contributed by atoms with Gasteiger partial charge in [0.2, 0.25) is 0 Å². The summed E-state index contributed by atoms with van der Waals surface area (Å²) >= 11 is 0. The molecule has 0 aromatic carbocycles. The van der Waals surface area contributed by atoms with Gasteiger partial charge in [0.25, 0.3) is 0 Å². The van der Waals surface area contributed by atoms with E-state index in [9.17, 15) is 9.90 Å². The first-order valence-corrected chi connectivity index (χ1v) is 15.8. The Morgan fingerprint density at radius 3 is 2.37 bits per heavy atom. The lowest BCUT2D eigenvalue weighted by molar-refractivity contribution is -0.207. The van der Waals surface area contributed by atoms with Crippen molar-refractivity contribution in [1.82, 2.24) is 0 Å². The topological polar surface area (TPSA) is 46.5 Å². The van der Waals surface area contributed by atoms with Gasteiger partial charge in [-0.2, -0.15) is 0 Å². The smallest absolute Gasteiger partial charge is 0.313 e. The average molecular weight is 525 g/mol. The molecule has 10 atom stereocenters. The number of fused-ring (bicyclic) bond motifs is 7. The maximum atomic E-state index is 14.0. The molecule has 1 N–H and O–H groups in total. The predicted molar refractivity (Wildman–Crippen MR) is 155 cm³/mol. The third-order valence-corrected chi connectivity index (χ3v) is 14.1. The van der Waals surface area contributed by atoms with Crippen LogP contribution in [0.25, 0.3) is 0 Å². The van der Waals surface area contributed by atoms with Gasteiger partial charge in [-0.25, -0.2) is 0 Å². The molecule has 214 valence electrons. The second-order valence-corrected chi connectivity index (χ2v) is 16.1. The van der Waals surface area contributed by atoms with Crippen molar-refractivity contribution >= 4 is 5.97 Å². The molecule has 0 spiro atoms. The van der Waals surface area contributed by atoms with Gasteiger partial charge in [0.1, 0.15) is 6.61 Å². The van der Waals surface area contributed by atoms with Crippen molar-refractivity contribution in [3.8, 4) is 0 Å². The lowest BCUT2D eigenvalue weighted by Gasteiger charge is -2.71. The molecule has 0 aromatic rings. The Kier molecular flexibility index (Phi) is 6.90. The summed E-state index contributed by atoms with van der Waals surface area (Å²) in [5, 5.41) is 11.0. The number of hydrogen-bond donors (Lipinski definition) is 1. The Balaban J connectivity index is 1.55. The fraction of sp³-hybridized carbons (Fsp3) is 0.857. The molecule has 0 heterocycles. The minimum absolute atomic E-state index is 0.0245. The summed E-state index contributed by atoms with van der Waals surface area (Å²) in [6, 6.07) is 0. The molecular formula is C35H56O3. The molecule has 5 aliphatic rings. The summed E-state index contributed by atoms with van der Waals surface area (Å²) in [5.41, 5.74) is 3.01. The Bertz CT molecular complexity index is 1020. The maximum absolute atomic E-state index is 14.0. The van der Waals surface area contributed by atoms with Gasteiger partial charge >= 0.3 is 5.97 Å². The van der Waals surface area contributed by atoms with Gasteiger partial charge in [-0.05, 0) is 129 Å². The van der Waals surface area contributed by atoms with Crippen molar-refractivity contribution in [3.05, 3.63) is 23.3 Å². The molecule has 0 bridgehead atoms. The van der Waals surface area contributed by atoms with Crippen LogP contribution >= 0.6 is 0 Å². The zero-order valence-corrected chi connectivity index (χ0v) is 26.0. The molecule has 0 saturated heterocycles. The minimum Gasteiger partial charge on any atom is -0.461 e. The number of carbonyl (C=O) groups is 1. The molecule has 5 aliphatic carbocycles. The second-order valence-electron chi connectivity index (χ2n) is 16.1. The molecule has 0 amide bonds. The number of hydrogen-bond acceptors (Lipinski definition) is 3. The highest BCUT2D eigenvalue weighted by atomic mass is 16.5. The molecule has 0 aliphatic heterocycles. The molecule has 3 nitrogen and oxygen atoms in total. The van der Waals surface area contributed by atoms with Crippen LogP contribution in [-0.4, -0.2) is 23.8 Å². The summed E-state index contributed by atoms with van der Waals surface area (Å²) < 4.78 is 6.03. The van der Waals surface area contributed by atoms with Crippen LogP contribution in [0.5, 0.6) is 0 Å². The van der Waals surface area contributed by atoms with Crippen LogP contribution in [0, 0.1) is 56.7 Å². The molecule has 3 heteroatoms. The third-order valence-electron chi connectivity index (χ3n) is 14.1. The molecular weight excluding hydrogens is 468 g/mol. The highest BCUT2D eigenvalue weighted by Crippen LogP contribution is 2.75. The van der Waals surface area contributed by atoms with Crippen molar-refractivity contribution in [2.75, 3.05) is 6.61 Å². The highest BCUT2D eigenvalue weighted by molar-refractivity contribution is 5.79. The van der Waals surface area contributed by atoms with Crippen LogP contribution in [0.4, 0.5) is 0 Å². The van der Waals surface area contributed by atoms with Gasteiger partial charge in [-0.15, -0.1) is 0 Å². The van der Waals surface area contributed by atoms with Gasteiger partial charge in [0, 0.05) is 0 Å². The Morgan fingerprint density at radius 1 is 0.974 bits per heavy atom. The average Bonchev–Trinajstić information content (AvgIpc) is 2.84. The minimum atomic E-state index is -0.367. The molecule has 4 fully saturated rings. The van der Waals surface area contributed by atoms with E-state index in [0.29, 0.717) is 30.3 Å². The molecule has 5 rings (SSSR count). The predicted octanol–water partition coefficient (Wildman–Crippen LogP) is 8.51. The van der Waals surface area contributed by atoms with Crippen molar-refractivity contribution in [2.45, 2.75) is 126 Å². The van der Waals surface area contributed by atoms with E-state index in [4.69, 9.17) is 4.74 Å². The number of aliphatic hydroxyl groups excluding tert-OH is 1. The van der Waals surface area contributed by atoms with E-state index < -0.39 is 0 Å². The standard InChI is InChI=1S/C35H56O3/c1-22(2)15-21-38-30(37)35-18-12-23(3)24(4)29(35)25-10-11-27-32(7)16-14-28(36)31(5,6)26(32)13-17-34(27,9)33(25,8)19-20-35/h10,15,23-24,26-29,36H,11-14,16-21H2,1-9H3/t23-,24+,26?,27-,28?,29+,32+,33-,34-,35+/m1/s1. The van der Waals surface area contributed by atoms with Gasteiger partial charge in [-0.1, -0.05) is 65.7 Å². The van der Waals surface area contributed by atoms with Crippen molar-refractivity contribution in [1.29, 1.82) is 0 Å². The zero-order chi connectivity index (χ0) is 27.9. The molecule has 2 unspecified atom stereocenters. The maximum Gasteiger partial charge on any atom is 0.313 e. The summed E-state index contributed by atoms with van der Waals surface area (Å²) in [5.74, 6) is 2.66. The number of esters is 1. The SMILES string of the molecule is CC(C)=CCOC(=O)[C@]12CC[C@@H](C)[C@H](C)[C@H]1C1=CC[C@@H]3[C@@]4(C)CCC(O)C(C)(C)C4CC[C@@]3(C)[C@]1(C)CC2. The van der Waals surface area contributed by atoms with E-state index in [0.717, 1.165) is 44.9 Å². The quantitative estimate of drug-likeness (QED) is 0.297. The molecule has 0 radical (unpaired) electrons. The van der Waals surface area contributed by atoms with Crippen LogP contribution in [0.1, 0.15) is 120 Å². The lowest BCUT2D eigenvalue weighted by Crippen LogP contribution is -2.65. The molecule has 0 aromatic heterocycles. The van der Waals surface area contributed by atoms with E-state index in [-0.39, 0.29) is 45.1 Å². The first-order valence-electron chi connectivity index (χ1n) is 15.8. The van der Waals surface area contributed by atoms with Gasteiger partial charge in [0.15, 0.2) is 0 Å². The van der Waals surface area contributed by atoms with Gasteiger partial charge in [0.05, 0.1) is 11.5 Å². The molecule has 38 heavy (non-hydrogen) atoms. The van der Waals surface area contributed by atoms with Crippen molar-refractivity contribution in [2.24, 2.45) is 56.7 Å². The number of allylic oxidation sites excluding steroid dienone is 3. The van der Waals surface area contributed by atoms with E-state index in [2.05, 4.69) is 68.4 Å². The van der Waals surface area contributed by atoms with Crippen LogP contribution in [-0.2, 0) is 9.53 Å². The Hall–Kier alpha value is -1.09. The van der Waals surface area contributed by atoms with E-state index >= 15 is 0 Å². The van der Waals surface area contributed by atoms with Crippen LogP contribution in [0.2, 0.25) is 0 Å². The normalized spacial score (nSPS) is 49.4. The van der Waals surface area contributed by atoms with Crippen LogP contribution in [0.15, 0.2) is 23.3 Å². The lowest BCUT2D eigenvalue weighted by atomic mass is 9.33. The Labute approximate surface area is 233 Å². The van der Waals surface area contributed by atoms with Gasteiger partial charge in [-0.3, -0.25) is 4.79 Å². The first-order chi connectivity index (χ1) is 17.6. The fourth-order valence-electron chi connectivity index (χ4n) is 11.3. The number of carbonyl (C=O) groups excluding carboxylic acids is 1. The van der Waals surface area contributed by atoms with Crippen molar-refractivity contribution < 1.29 is 14.6 Å². The largest absolute Gasteiger partial charge is 0.461 e. The number of aliphatic hydroxyl groups is 1. The number of ether oxygens (including phenoxy) is 1. The monoisotopic (exact) mass is 524 g/mol. The summed E-state index contributed by atoms with van der Waals surface area (Å²) in [6.07, 6.45) is 14.3. The highest BCUT2D eigenvalue weighted by Gasteiger charge is 2.69. The second kappa shape index (κ2) is 9.22.